The highest BCUT2D eigenvalue weighted by Gasteiger charge is 2.33. The van der Waals surface area contributed by atoms with Crippen molar-refractivity contribution in [3.63, 3.8) is 0 Å². The lowest BCUT2D eigenvalue weighted by Gasteiger charge is -2.39. The Morgan fingerprint density at radius 2 is 2.00 bits per heavy atom. The summed E-state index contributed by atoms with van der Waals surface area (Å²) in [6.07, 6.45) is 0. The van der Waals surface area contributed by atoms with Gasteiger partial charge in [0.1, 0.15) is 15.5 Å². The number of nitrogens with two attached hydrogens (primary N) is 1. The summed E-state index contributed by atoms with van der Waals surface area (Å²) in [6.45, 7) is 5.72. The molecule has 2 aromatic heterocycles. The number of likely N-dealkylation sites (tertiary alicyclic amines) is 1. The zero-order valence-electron chi connectivity index (χ0n) is 15.1. The zero-order chi connectivity index (χ0) is 19.1. The van der Waals surface area contributed by atoms with E-state index >= 15 is 0 Å². The number of benzene rings is 1. The van der Waals surface area contributed by atoms with E-state index in [0.29, 0.717) is 35.0 Å². The summed E-state index contributed by atoms with van der Waals surface area (Å²) in [5.41, 5.74) is 9.56. The zero-order valence-corrected chi connectivity index (χ0v) is 15.9. The second kappa shape index (κ2) is 6.86. The first-order valence-electron chi connectivity index (χ1n) is 8.73. The van der Waals surface area contributed by atoms with Crippen LogP contribution in [0.5, 0.6) is 0 Å². The van der Waals surface area contributed by atoms with E-state index in [1.54, 1.807) is 17.0 Å². The fraction of sp³-hybridized carbons (Fsp3) is 0.316. The molecule has 1 fully saturated rings. The van der Waals surface area contributed by atoms with Gasteiger partial charge in [-0.2, -0.15) is 5.10 Å². The molecule has 1 amide bonds. The minimum absolute atomic E-state index is 0.0626. The average Bonchev–Trinajstić information content (AvgIpc) is 2.95. The first-order chi connectivity index (χ1) is 12.9. The first kappa shape index (κ1) is 17.8. The van der Waals surface area contributed by atoms with E-state index < -0.39 is 0 Å². The summed E-state index contributed by atoms with van der Waals surface area (Å²) < 4.78 is 12.9. The molecular weight excluding hydrogens is 365 g/mol. The third kappa shape index (κ3) is 3.26. The van der Waals surface area contributed by atoms with Crippen LogP contribution in [0, 0.1) is 19.7 Å². The number of carbonyl (C=O) groups is 1. The van der Waals surface area contributed by atoms with E-state index in [1.165, 1.54) is 23.5 Å². The Hall–Kier alpha value is -2.58. The highest BCUT2D eigenvalue weighted by atomic mass is 32.1. The quantitative estimate of drug-likeness (QED) is 0.721. The van der Waals surface area contributed by atoms with Crippen LogP contribution in [0.15, 0.2) is 24.3 Å². The number of rotatable bonds is 4. The van der Waals surface area contributed by atoms with E-state index in [-0.39, 0.29) is 17.8 Å². The van der Waals surface area contributed by atoms with Gasteiger partial charge in [-0.05, 0) is 37.1 Å². The number of hydrogen-bond acceptors (Lipinski definition) is 6. The van der Waals surface area contributed by atoms with Crippen molar-refractivity contribution >= 4 is 33.1 Å². The molecule has 1 aromatic carbocycles. The highest BCUT2D eigenvalue weighted by Crippen LogP contribution is 2.36. The van der Waals surface area contributed by atoms with Crippen LogP contribution in [0.4, 0.5) is 10.1 Å². The Bertz CT molecular complexity index is 1010. The van der Waals surface area contributed by atoms with Gasteiger partial charge in [-0.25, -0.2) is 4.39 Å². The van der Waals surface area contributed by atoms with Crippen LogP contribution < -0.4 is 11.1 Å². The van der Waals surface area contributed by atoms with Crippen molar-refractivity contribution in [2.75, 3.05) is 18.8 Å². The third-order valence-corrected chi connectivity index (χ3v) is 6.08. The molecule has 140 valence electrons. The van der Waals surface area contributed by atoms with E-state index in [9.17, 15) is 9.18 Å². The molecule has 1 aliphatic rings. The molecule has 1 saturated heterocycles. The molecule has 0 unspecified atom stereocenters. The molecule has 0 radical (unpaired) electrons. The molecule has 0 bridgehead atoms. The van der Waals surface area contributed by atoms with Gasteiger partial charge in [0.25, 0.3) is 5.91 Å². The number of halogens is 1. The van der Waals surface area contributed by atoms with Crippen LogP contribution >= 0.6 is 11.3 Å². The average molecular weight is 385 g/mol. The van der Waals surface area contributed by atoms with Gasteiger partial charge in [0.05, 0.1) is 11.4 Å². The monoisotopic (exact) mass is 385 g/mol. The minimum atomic E-state index is -0.241. The minimum Gasteiger partial charge on any atom is -0.397 e. The maximum atomic E-state index is 12.9. The van der Waals surface area contributed by atoms with E-state index in [0.717, 1.165) is 22.2 Å². The molecule has 0 aliphatic carbocycles. The lowest BCUT2D eigenvalue weighted by Crippen LogP contribution is -2.59. The smallest absolute Gasteiger partial charge is 0.266 e. The van der Waals surface area contributed by atoms with Gasteiger partial charge in [-0.1, -0.05) is 12.1 Å². The maximum absolute atomic E-state index is 12.9. The Kier molecular flexibility index (Phi) is 4.53. The maximum Gasteiger partial charge on any atom is 0.266 e. The number of aromatic nitrogens is 2. The van der Waals surface area contributed by atoms with E-state index in [4.69, 9.17) is 5.73 Å². The summed E-state index contributed by atoms with van der Waals surface area (Å²) in [5.74, 6) is -0.303. The van der Waals surface area contributed by atoms with Crippen molar-refractivity contribution in [3.05, 3.63) is 51.8 Å². The summed E-state index contributed by atoms with van der Waals surface area (Å²) in [6, 6.07) is 6.63. The van der Waals surface area contributed by atoms with Crippen molar-refractivity contribution in [1.82, 2.24) is 20.4 Å². The van der Waals surface area contributed by atoms with Crippen molar-refractivity contribution in [3.8, 4) is 0 Å². The summed E-state index contributed by atoms with van der Waals surface area (Å²) in [5, 5.41) is 12.5. The van der Waals surface area contributed by atoms with Crippen LogP contribution in [-0.2, 0) is 6.54 Å². The number of amides is 1. The van der Waals surface area contributed by atoms with E-state index in [2.05, 4.69) is 15.5 Å². The number of nitrogens with one attached hydrogen (secondary N) is 1. The van der Waals surface area contributed by atoms with Crippen molar-refractivity contribution in [2.45, 2.75) is 26.4 Å². The number of hydrogen-bond donors (Lipinski definition) is 2. The normalized spacial score (nSPS) is 14.6. The van der Waals surface area contributed by atoms with Gasteiger partial charge in [0, 0.05) is 31.1 Å². The molecule has 27 heavy (non-hydrogen) atoms. The lowest BCUT2D eigenvalue weighted by atomic mass is 10.1. The highest BCUT2D eigenvalue weighted by molar-refractivity contribution is 7.21. The van der Waals surface area contributed by atoms with Gasteiger partial charge < -0.3 is 16.0 Å². The standard InChI is InChI=1S/C19H20FN5OS/c1-10-11(2)23-24-18-15(10)16(21)17(27-18)19(26)25-8-14(9-25)22-7-12-3-5-13(20)6-4-12/h3-6,14,22H,7-9,21H2,1-2H3. The lowest BCUT2D eigenvalue weighted by molar-refractivity contribution is 0.0572. The molecule has 3 aromatic rings. The number of carbonyl (C=O) groups excluding carboxylic acids is 1. The predicted octanol–water partition coefficient (Wildman–Crippen LogP) is 2.64. The number of thiophene rings is 1. The Labute approximate surface area is 160 Å². The van der Waals surface area contributed by atoms with Crippen LogP contribution in [0.25, 0.3) is 10.2 Å². The fourth-order valence-electron chi connectivity index (χ4n) is 3.18. The Morgan fingerprint density at radius 3 is 2.70 bits per heavy atom. The number of fused-ring (bicyclic) bond motifs is 1. The number of aryl methyl sites for hydroxylation is 2. The molecular formula is C19H20FN5OS. The van der Waals surface area contributed by atoms with Gasteiger partial charge in [-0.3, -0.25) is 4.79 Å². The molecule has 0 spiro atoms. The first-order valence-corrected chi connectivity index (χ1v) is 9.54. The third-order valence-electron chi connectivity index (χ3n) is 5.01. The van der Waals surface area contributed by atoms with Crippen LogP contribution in [-0.4, -0.2) is 40.1 Å². The van der Waals surface area contributed by atoms with Crippen LogP contribution in [0.2, 0.25) is 0 Å². The second-order valence-electron chi connectivity index (χ2n) is 6.85. The molecule has 0 saturated carbocycles. The van der Waals surface area contributed by atoms with Crippen molar-refractivity contribution < 1.29 is 9.18 Å². The largest absolute Gasteiger partial charge is 0.397 e. The fourth-order valence-corrected chi connectivity index (χ4v) is 4.25. The van der Waals surface area contributed by atoms with Crippen molar-refractivity contribution in [1.29, 1.82) is 0 Å². The summed E-state index contributed by atoms with van der Waals surface area (Å²) in [4.78, 5) is 15.8. The van der Waals surface area contributed by atoms with Gasteiger partial charge >= 0.3 is 0 Å². The van der Waals surface area contributed by atoms with Gasteiger partial charge in [0.15, 0.2) is 0 Å². The topological polar surface area (TPSA) is 84.1 Å². The van der Waals surface area contributed by atoms with Crippen molar-refractivity contribution in [2.24, 2.45) is 0 Å². The van der Waals surface area contributed by atoms with Gasteiger partial charge in [0.2, 0.25) is 0 Å². The molecule has 3 heterocycles. The Balaban J connectivity index is 1.40. The summed E-state index contributed by atoms with van der Waals surface area (Å²) in [7, 11) is 0. The summed E-state index contributed by atoms with van der Waals surface area (Å²) >= 11 is 1.30. The number of anilines is 1. The molecule has 8 heteroatoms. The SMILES string of the molecule is Cc1nnc2sc(C(=O)N3CC(NCc4ccc(F)cc4)C3)c(N)c2c1C. The van der Waals surface area contributed by atoms with Crippen LogP contribution in [0.3, 0.4) is 0 Å². The number of nitrogens with zero attached hydrogens (tertiary/aromatic N) is 3. The second-order valence-corrected chi connectivity index (χ2v) is 7.85. The number of nitrogen functional groups attached to an aromatic ring is 1. The molecule has 1 aliphatic heterocycles. The molecule has 4 rings (SSSR count). The molecule has 3 N–H and O–H groups in total. The van der Waals surface area contributed by atoms with Gasteiger partial charge in [-0.15, -0.1) is 16.4 Å². The Morgan fingerprint density at radius 1 is 1.30 bits per heavy atom. The van der Waals surface area contributed by atoms with E-state index in [1.807, 2.05) is 13.8 Å². The predicted molar refractivity (Wildman–Crippen MR) is 104 cm³/mol. The molecule has 6 nitrogen and oxygen atoms in total. The molecule has 0 atom stereocenters. The van der Waals surface area contributed by atoms with Crippen LogP contribution in [0.1, 0.15) is 26.5 Å².